The van der Waals surface area contributed by atoms with Crippen molar-refractivity contribution in [3.63, 3.8) is 0 Å². The minimum absolute atomic E-state index is 0.0284. The van der Waals surface area contributed by atoms with E-state index in [1.54, 1.807) is 32.9 Å². The number of rotatable bonds is 2. The monoisotopic (exact) mass is 327 g/mol. The summed E-state index contributed by atoms with van der Waals surface area (Å²) in [5.74, 6) is 0. The molecule has 0 unspecified atom stereocenters. The largest absolute Gasteiger partial charge is 0.444 e. The van der Waals surface area contributed by atoms with Gasteiger partial charge in [0.25, 0.3) is 10.0 Å². The summed E-state index contributed by atoms with van der Waals surface area (Å²) in [5.41, 5.74) is -0.561. The highest BCUT2D eigenvalue weighted by atomic mass is 32.2. The highest BCUT2D eigenvalue weighted by Crippen LogP contribution is 2.17. The SMILES string of the molecule is CC(C)(C)OC(=O)N1CCN(S(=O)(=O)c2ccccn2)CC1. The molecule has 0 spiro atoms. The maximum atomic E-state index is 12.4. The lowest BCUT2D eigenvalue weighted by atomic mass is 10.2. The molecule has 1 amide bonds. The van der Waals surface area contributed by atoms with Crippen LogP contribution in [0.4, 0.5) is 4.79 Å². The smallest absolute Gasteiger partial charge is 0.410 e. The number of piperazine rings is 1. The van der Waals surface area contributed by atoms with Crippen LogP contribution >= 0.6 is 0 Å². The van der Waals surface area contributed by atoms with Gasteiger partial charge in [0.1, 0.15) is 5.60 Å². The maximum absolute atomic E-state index is 12.4. The summed E-state index contributed by atoms with van der Waals surface area (Å²) in [4.78, 5) is 17.4. The van der Waals surface area contributed by atoms with Crippen LogP contribution in [0.15, 0.2) is 29.4 Å². The Hall–Kier alpha value is -1.67. The molecule has 7 nitrogen and oxygen atoms in total. The number of carbonyl (C=O) groups excluding carboxylic acids is 1. The van der Waals surface area contributed by atoms with Gasteiger partial charge >= 0.3 is 6.09 Å². The van der Waals surface area contributed by atoms with Gasteiger partial charge in [0.15, 0.2) is 5.03 Å². The first kappa shape index (κ1) is 16.7. The van der Waals surface area contributed by atoms with Gasteiger partial charge in [-0.25, -0.2) is 18.2 Å². The summed E-state index contributed by atoms with van der Waals surface area (Å²) in [6.45, 7) is 6.48. The van der Waals surface area contributed by atoms with Crippen molar-refractivity contribution in [3.8, 4) is 0 Å². The Labute approximate surface area is 130 Å². The third kappa shape index (κ3) is 3.95. The van der Waals surface area contributed by atoms with E-state index in [-0.39, 0.29) is 18.1 Å². The van der Waals surface area contributed by atoms with Crippen molar-refractivity contribution in [3.05, 3.63) is 24.4 Å². The van der Waals surface area contributed by atoms with Crippen molar-refractivity contribution in [1.29, 1.82) is 0 Å². The number of hydrogen-bond acceptors (Lipinski definition) is 5. The lowest BCUT2D eigenvalue weighted by Gasteiger charge is -2.34. The predicted octanol–water partition coefficient (Wildman–Crippen LogP) is 1.32. The number of amides is 1. The lowest BCUT2D eigenvalue weighted by molar-refractivity contribution is 0.0192. The minimum Gasteiger partial charge on any atom is -0.444 e. The van der Waals surface area contributed by atoms with E-state index in [0.29, 0.717) is 13.1 Å². The van der Waals surface area contributed by atoms with Crippen molar-refractivity contribution in [2.75, 3.05) is 26.2 Å². The molecular weight excluding hydrogens is 306 g/mol. The van der Waals surface area contributed by atoms with Gasteiger partial charge in [0.2, 0.25) is 0 Å². The van der Waals surface area contributed by atoms with E-state index in [1.165, 1.54) is 21.5 Å². The number of hydrogen-bond donors (Lipinski definition) is 0. The molecule has 2 heterocycles. The number of aromatic nitrogens is 1. The molecule has 2 rings (SSSR count). The Morgan fingerprint density at radius 2 is 1.82 bits per heavy atom. The zero-order valence-corrected chi connectivity index (χ0v) is 13.8. The van der Waals surface area contributed by atoms with Crippen LogP contribution in [-0.2, 0) is 14.8 Å². The van der Waals surface area contributed by atoms with Crippen molar-refractivity contribution in [2.24, 2.45) is 0 Å². The topological polar surface area (TPSA) is 79.8 Å². The molecule has 0 radical (unpaired) electrons. The standard InChI is InChI=1S/C14H21N3O4S/c1-14(2,3)21-13(18)16-8-10-17(11-9-16)22(19,20)12-6-4-5-7-15-12/h4-7H,8-11H2,1-3H3. The molecular formula is C14H21N3O4S. The molecule has 22 heavy (non-hydrogen) atoms. The summed E-state index contributed by atoms with van der Waals surface area (Å²) >= 11 is 0. The Morgan fingerprint density at radius 1 is 1.18 bits per heavy atom. The zero-order valence-electron chi connectivity index (χ0n) is 13.0. The van der Waals surface area contributed by atoms with Gasteiger partial charge in [-0.3, -0.25) is 0 Å². The van der Waals surface area contributed by atoms with E-state index < -0.39 is 21.7 Å². The highest BCUT2D eigenvalue weighted by Gasteiger charge is 2.32. The maximum Gasteiger partial charge on any atom is 0.410 e. The van der Waals surface area contributed by atoms with Gasteiger partial charge < -0.3 is 9.64 Å². The molecule has 1 aliphatic heterocycles. The number of sulfonamides is 1. The summed E-state index contributed by atoms with van der Waals surface area (Å²) in [6.07, 6.45) is 1.03. The molecule has 1 aromatic rings. The second kappa shape index (κ2) is 6.21. The van der Waals surface area contributed by atoms with Gasteiger partial charge in [-0.15, -0.1) is 0 Å². The molecule has 122 valence electrons. The van der Waals surface area contributed by atoms with E-state index in [1.807, 2.05) is 0 Å². The Kier molecular flexibility index (Phi) is 4.72. The van der Waals surface area contributed by atoms with Crippen LogP contribution in [0.3, 0.4) is 0 Å². The van der Waals surface area contributed by atoms with Crippen molar-refractivity contribution in [1.82, 2.24) is 14.2 Å². The fraction of sp³-hybridized carbons (Fsp3) is 0.571. The summed E-state index contributed by atoms with van der Waals surface area (Å²) in [7, 11) is -3.60. The third-order valence-corrected chi connectivity index (χ3v) is 4.95. The van der Waals surface area contributed by atoms with E-state index >= 15 is 0 Å². The molecule has 0 aliphatic carbocycles. The van der Waals surface area contributed by atoms with E-state index in [0.717, 1.165) is 0 Å². The van der Waals surface area contributed by atoms with Gasteiger partial charge in [0, 0.05) is 32.4 Å². The zero-order chi connectivity index (χ0) is 16.4. The highest BCUT2D eigenvalue weighted by molar-refractivity contribution is 7.89. The van der Waals surface area contributed by atoms with Crippen molar-refractivity contribution >= 4 is 16.1 Å². The van der Waals surface area contributed by atoms with Crippen LogP contribution in [0.25, 0.3) is 0 Å². The van der Waals surface area contributed by atoms with Gasteiger partial charge in [-0.2, -0.15) is 4.31 Å². The van der Waals surface area contributed by atoms with Crippen molar-refractivity contribution in [2.45, 2.75) is 31.4 Å². The molecule has 1 aromatic heterocycles. The van der Waals surface area contributed by atoms with Gasteiger partial charge in [0.05, 0.1) is 0 Å². The third-order valence-electron chi connectivity index (χ3n) is 3.13. The van der Waals surface area contributed by atoms with Crippen molar-refractivity contribution < 1.29 is 17.9 Å². The Balaban J connectivity index is 1.99. The van der Waals surface area contributed by atoms with Crippen LogP contribution in [0.1, 0.15) is 20.8 Å². The average Bonchev–Trinajstić information content (AvgIpc) is 2.46. The average molecular weight is 327 g/mol. The summed E-state index contributed by atoms with van der Waals surface area (Å²) in [6, 6.07) is 4.77. The Morgan fingerprint density at radius 3 is 2.32 bits per heavy atom. The van der Waals surface area contributed by atoms with Gasteiger partial charge in [-0.1, -0.05) is 6.07 Å². The first-order valence-corrected chi connectivity index (χ1v) is 8.53. The van der Waals surface area contributed by atoms with Crippen LogP contribution in [-0.4, -0.2) is 60.5 Å². The summed E-state index contributed by atoms with van der Waals surface area (Å²) < 4.78 is 31.5. The quantitative estimate of drug-likeness (QED) is 0.818. The lowest BCUT2D eigenvalue weighted by Crippen LogP contribution is -2.51. The first-order valence-electron chi connectivity index (χ1n) is 7.09. The second-order valence-corrected chi connectivity index (χ2v) is 7.92. The number of ether oxygens (including phenoxy) is 1. The molecule has 0 saturated carbocycles. The molecule has 8 heteroatoms. The first-order chi connectivity index (χ1) is 10.2. The molecule has 0 N–H and O–H groups in total. The molecule has 0 aromatic carbocycles. The van der Waals surface area contributed by atoms with E-state index in [2.05, 4.69) is 4.98 Å². The van der Waals surface area contributed by atoms with E-state index in [9.17, 15) is 13.2 Å². The van der Waals surface area contributed by atoms with Gasteiger partial charge in [-0.05, 0) is 32.9 Å². The molecule has 1 fully saturated rings. The fourth-order valence-corrected chi connectivity index (χ4v) is 3.42. The number of nitrogens with zero attached hydrogens (tertiary/aromatic N) is 3. The van der Waals surface area contributed by atoms with Crippen LogP contribution in [0, 0.1) is 0 Å². The fourth-order valence-electron chi connectivity index (χ4n) is 2.07. The van der Waals surface area contributed by atoms with Crippen LogP contribution in [0.5, 0.6) is 0 Å². The molecule has 1 aliphatic rings. The predicted molar refractivity (Wildman–Crippen MR) is 80.8 cm³/mol. The Bertz CT molecular complexity index is 617. The summed E-state index contributed by atoms with van der Waals surface area (Å²) in [5, 5.41) is 0.0284. The molecule has 0 atom stereocenters. The second-order valence-electron chi connectivity index (χ2n) is 6.04. The van der Waals surface area contributed by atoms with Crippen LogP contribution in [0.2, 0.25) is 0 Å². The number of carbonyl (C=O) groups is 1. The van der Waals surface area contributed by atoms with E-state index in [4.69, 9.17) is 4.74 Å². The number of pyridine rings is 1. The normalized spacial score (nSPS) is 17.3. The molecule has 0 bridgehead atoms. The minimum atomic E-state index is -3.60. The molecule has 1 saturated heterocycles. The van der Waals surface area contributed by atoms with Crippen LogP contribution < -0.4 is 0 Å².